The zero-order valence-corrected chi connectivity index (χ0v) is 21.1. The number of thioether (sulfide) groups is 1. The number of halogens is 2. The minimum absolute atomic E-state index is 0.0942. The monoisotopic (exact) mass is 521 g/mol. The Morgan fingerprint density at radius 2 is 1.74 bits per heavy atom. The van der Waals surface area contributed by atoms with Crippen LogP contribution in [0, 0.1) is 6.92 Å². The first-order valence-electron chi connectivity index (χ1n) is 10.6. The quantitative estimate of drug-likeness (QED) is 0.166. The van der Waals surface area contributed by atoms with Crippen LogP contribution < -0.4 is 5.43 Å². The number of nitrogens with zero attached hydrogens (tertiary/aromatic N) is 4. The van der Waals surface area contributed by atoms with Gasteiger partial charge >= 0.3 is 0 Å². The standard InChI is InChI=1S/C26H21Cl2N5OS/c1-18-7-9-20(10-8-18)25-31-32-26(33(25)23-13-11-21(27)12-14-23)35-17-24(34)30-29-16-22(28)15-19-5-3-2-4-6-19/h2-16H,17H2,1H3,(H,30,34)/b22-15-,29-16-. The first-order chi connectivity index (χ1) is 17.0. The molecule has 0 spiro atoms. The molecule has 1 aromatic heterocycles. The van der Waals surface area contributed by atoms with Crippen LogP contribution >= 0.6 is 35.0 Å². The molecule has 1 N–H and O–H groups in total. The Kier molecular flexibility index (Phi) is 8.36. The lowest BCUT2D eigenvalue weighted by molar-refractivity contribution is -0.118. The average molecular weight is 522 g/mol. The van der Waals surface area contributed by atoms with Crippen LogP contribution in [0.1, 0.15) is 11.1 Å². The van der Waals surface area contributed by atoms with Gasteiger partial charge in [0.25, 0.3) is 5.91 Å². The smallest absolute Gasteiger partial charge is 0.250 e. The van der Waals surface area contributed by atoms with E-state index in [9.17, 15) is 4.79 Å². The van der Waals surface area contributed by atoms with Crippen LogP contribution in [0.3, 0.4) is 0 Å². The third-order valence-electron chi connectivity index (χ3n) is 4.84. The first-order valence-corrected chi connectivity index (χ1v) is 12.4. The average Bonchev–Trinajstić information content (AvgIpc) is 3.28. The maximum Gasteiger partial charge on any atom is 0.250 e. The molecule has 0 atom stereocenters. The normalized spacial score (nSPS) is 11.7. The maximum atomic E-state index is 12.4. The molecular weight excluding hydrogens is 501 g/mol. The molecule has 4 aromatic rings. The molecule has 0 bridgehead atoms. The van der Waals surface area contributed by atoms with Crippen LogP contribution in [0.15, 0.2) is 94.2 Å². The number of allylic oxidation sites excluding steroid dienone is 1. The van der Waals surface area contributed by atoms with Crippen molar-refractivity contribution >= 4 is 53.2 Å². The van der Waals surface area contributed by atoms with Gasteiger partial charge in [0.1, 0.15) is 0 Å². The minimum atomic E-state index is -0.294. The van der Waals surface area contributed by atoms with Gasteiger partial charge in [0.2, 0.25) is 0 Å². The number of hydrogen-bond acceptors (Lipinski definition) is 5. The van der Waals surface area contributed by atoms with Crippen molar-refractivity contribution in [1.82, 2.24) is 20.2 Å². The second kappa shape index (κ2) is 11.8. The molecule has 4 rings (SSSR count). The van der Waals surface area contributed by atoms with E-state index >= 15 is 0 Å². The van der Waals surface area contributed by atoms with Gasteiger partial charge in [-0.1, -0.05) is 95.1 Å². The highest BCUT2D eigenvalue weighted by molar-refractivity contribution is 7.99. The molecule has 0 unspecified atom stereocenters. The van der Waals surface area contributed by atoms with E-state index in [4.69, 9.17) is 23.2 Å². The Morgan fingerprint density at radius 1 is 1.03 bits per heavy atom. The third kappa shape index (κ3) is 6.82. The fourth-order valence-corrected chi connectivity index (χ4v) is 4.20. The summed E-state index contributed by atoms with van der Waals surface area (Å²) in [6.45, 7) is 2.03. The van der Waals surface area contributed by atoms with Crippen molar-refractivity contribution < 1.29 is 4.79 Å². The van der Waals surface area contributed by atoms with E-state index < -0.39 is 0 Å². The molecule has 0 saturated carbocycles. The zero-order valence-electron chi connectivity index (χ0n) is 18.7. The van der Waals surface area contributed by atoms with E-state index in [0.29, 0.717) is 21.0 Å². The lowest BCUT2D eigenvalue weighted by Crippen LogP contribution is -2.19. The molecular formula is C26H21Cl2N5OS. The Bertz CT molecular complexity index is 1350. The SMILES string of the molecule is Cc1ccc(-c2nnc(SCC(=O)N/N=C\C(Cl)=C\c3ccccc3)n2-c2ccc(Cl)cc2)cc1. The summed E-state index contributed by atoms with van der Waals surface area (Å²) in [6, 6.07) is 25.0. The van der Waals surface area contributed by atoms with E-state index in [2.05, 4.69) is 20.7 Å². The van der Waals surface area contributed by atoms with Gasteiger partial charge in [-0.25, -0.2) is 5.43 Å². The molecule has 176 valence electrons. The molecule has 0 aliphatic heterocycles. The molecule has 1 heterocycles. The second-order valence-corrected chi connectivity index (χ2v) is 9.32. The number of hydrazone groups is 1. The van der Waals surface area contributed by atoms with E-state index in [1.54, 1.807) is 18.2 Å². The summed E-state index contributed by atoms with van der Waals surface area (Å²) >= 11 is 13.5. The van der Waals surface area contributed by atoms with E-state index in [1.165, 1.54) is 18.0 Å². The molecule has 0 saturated heterocycles. The number of aryl methyl sites for hydroxylation is 1. The predicted molar refractivity (Wildman–Crippen MR) is 144 cm³/mol. The summed E-state index contributed by atoms with van der Waals surface area (Å²) in [5.41, 5.74) is 6.34. The summed E-state index contributed by atoms with van der Waals surface area (Å²) in [5, 5.41) is 14.3. The lowest BCUT2D eigenvalue weighted by atomic mass is 10.1. The lowest BCUT2D eigenvalue weighted by Gasteiger charge is -2.10. The summed E-state index contributed by atoms with van der Waals surface area (Å²) in [6.07, 6.45) is 3.15. The number of amides is 1. The van der Waals surface area contributed by atoms with Gasteiger partial charge in [-0.05, 0) is 42.8 Å². The third-order valence-corrected chi connectivity index (χ3v) is 6.23. The van der Waals surface area contributed by atoms with Crippen LogP contribution in [0.4, 0.5) is 0 Å². The number of rotatable bonds is 8. The van der Waals surface area contributed by atoms with Crippen LogP contribution in [0.5, 0.6) is 0 Å². The number of benzene rings is 3. The molecule has 35 heavy (non-hydrogen) atoms. The number of hydrogen-bond donors (Lipinski definition) is 1. The van der Waals surface area contributed by atoms with Gasteiger partial charge in [0, 0.05) is 16.3 Å². The van der Waals surface area contributed by atoms with Crippen molar-refractivity contribution in [2.45, 2.75) is 12.1 Å². The van der Waals surface area contributed by atoms with Crippen LogP contribution in [-0.2, 0) is 4.79 Å². The van der Waals surface area contributed by atoms with Crippen molar-refractivity contribution in [2.75, 3.05) is 5.75 Å². The highest BCUT2D eigenvalue weighted by atomic mass is 35.5. The molecule has 9 heteroatoms. The van der Waals surface area contributed by atoms with Crippen molar-refractivity contribution in [3.8, 4) is 17.1 Å². The Morgan fingerprint density at radius 3 is 2.46 bits per heavy atom. The molecule has 0 aliphatic rings. The highest BCUT2D eigenvalue weighted by Crippen LogP contribution is 2.28. The first kappa shape index (κ1) is 24.7. The van der Waals surface area contributed by atoms with Crippen LogP contribution in [0.25, 0.3) is 23.2 Å². The van der Waals surface area contributed by atoms with Gasteiger partial charge in [-0.2, -0.15) is 5.10 Å². The summed E-state index contributed by atoms with van der Waals surface area (Å²) in [7, 11) is 0. The molecule has 0 fully saturated rings. The topological polar surface area (TPSA) is 72.2 Å². The summed E-state index contributed by atoms with van der Waals surface area (Å²) < 4.78 is 1.90. The van der Waals surface area contributed by atoms with E-state index in [-0.39, 0.29) is 11.7 Å². The van der Waals surface area contributed by atoms with Crippen LogP contribution in [0.2, 0.25) is 5.02 Å². The molecule has 6 nitrogen and oxygen atoms in total. The van der Waals surface area contributed by atoms with Gasteiger partial charge in [-0.3, -0.25) is 9.36 Å². The molecule has 3 aromatic carbocycles. The Labute approximate surface area is 217 Å². The largest absolute Gasteiger partial charge is 0.272 e. The highest BCUT2D eigenvalue weighted by Gasteiger charge is 2.17. The molecule has 0 radical (unpaired) electrons. The minimum Gasteiger partial charge on any atom is -0.272 e. The van der Waals surface area contributed by atoms with Gasteiger partial charge < -0.3 is 0 Å². The van der Waals surface area contributed by atoms with Crippen molar-refractivity contribution in [1.29, 1.82) is 0 Å². The van der Waals surface area contributed by atoms with Gasteiger partial charge in [0.15, 0.2) is 11.0 Å². The van der Waals surface area contributed by atoms with E-state index in [1.807, 2.05) is 78.2 Å². The summed E-state index contributed by atoms with van der Waals surface area (Å²) in [5.74, 6) is 0.473. The van der Waals surface area contributed by atoms with Crippen LogP contribution in [-0.4, -0.2) is 32.6 Å². The van der Waals surface area contributed by atoms with Crippen molar-refractivity contribution in [3.05, 3.63) is 100 Å². The Hall–Kier alpha value is -3.39. The predicted octanol–water partition coefficient (Wildman–Crippen LogP) is 6.37. The van der Waals surface area contributed by atoms with Gasteiger partial charge in [-0.15, -0.1) is 10.2 Å². The zero-order chi connectivity index (χ0) is 24.6. The van der Waals surface area contributed by atoms with Gasteiger partial charge in [0.05, 0.1) is 17.0 Å². The fraction of sp³-hybridized carbons (Fsp3) is 0.0769. The molecule has 1 amide bonds. The summed E-state index contributed by atoms with van der Waals surface area (Å²) in [4.78, 5) is 12.4. The Balaban J connectivity index is 1.47. The number of carbonyl (C=O) groups is 1. The number of carbonyl (C=O) groups excluding carboxylic acids is 1. The number of nitrogens with one attached hydrogen (secondary N) is 1. The number of aromatic nitrogens is 3. The fourth-order valence-electron chi connectivity index (χ4n) is 3.15. The molecule has 0 aliphatic carbocycles. The second-order valence-electron chi connectivity index (χ2n) is 7.51. The van der Waals surface area contributed by atoms with Crippen molar-refractivity contribution in [3.63, 3.8) is 0 Å². The maximum absolute atomic E-state index is 12.4. The van der Waals surface area contributed by atoms with Crippen molar-refractivity contribution in [2.24, 2.45) is 5.10 Å². The van der Waals surface area contributed by atoms with E-state index in [0.717, 1.165) is 22.4 Å².